The second-order valence-corrected chi connectivity index (χ2v) is 30.1. The van der Waals surface area contributed by atoms with Gasteiger partial charge in [-0.1, -0.05) is 303 Å². The highest BCUT2D eigenvalue weighted by atomic mass is 15.0. The minimum atomic E-state index is -0.564. The maximum absolute atomic E-state index is 2.57. The molecule has 498 valence electrons. The van der Waals surface area contributed by atoms with Crippen LogP contribution in [-0.4, -0.2) is 9.13 Å². The zero-order valence-corrected chi connectivity index (χ0v) is 58.8. The Morgan fingerprint density at radius 3 is 0.750 bits per heavy atom. The fourth-order valence-corrected chi connectivity index (χ4v) is 20.2. The van der Waals surface area contributed by atoms with Gasteiger partial charge in [0.1, 0.15) is 0 Å². The summed E-state index contributed by atoms with van der Waals surface area (Å²) in [5.41, 5.74) is 39.0. The highest BCUT2D eigenvalue weighted by Crippen LogP contribution is 2.66. The molecule has 2 nitrogen and oxygen atoms in total. The van der Waals surface area contributed by atoms with Gasteiger partial charge in [-0.25, -0.2) is 0 Å². The molecule has 0 saturated carbocycles. The number of rotatable bonds is 7. The first-order valence-corrected chi connectivity index (χ1v) is 37.8. The number of hydrogen-bond donors (Lipinski definition) is 0. The standard InChI is InChI=1S/C106H64N2/c1-3-19-71-57-79(49-41-65(71)17-1)107-101-31-15-9-25-89(101)91-59-73(47-55-103(91)107)67-33-37-69(38-34-67)75-43-51-85-87-53-45-77(63-99(87)105(97(85)61-75)93-27-11-5-21-81(93)82-22-6-12-28-94(82)105)78-46-54-88-86-52-44-76(62-98(86)106(100(88)64-78)95-29-13-7-23-83(95)84-24-8-14-30-96(84)106)70-39-35-68(36-40-70)74-48-56-104-92(60-74)90-26-10-16-32-102(90)108(104)80-50-42-66-18-2-4-20-72(66)58-80/h1-64H. The molecule has 0 fully saturated rings. The predicted octanol–water partition coefficient (Wildman–Crippen LogP) is 27.2. The van der Waals surface area contributed by atoms with Crippen molar-refractivity contribution in [3.05, 3.63) is 433 Å². The second kappa shape index (κ2) is 22.3. The van der Waals surface area contributed by atoms with Gasteiger partial charge >= 0.3 is 0 Å². The lowest BCUT2D eigenvalue weighted by molar-refractivity contribution is 0.793. The summed E-state index contributed by atoms with van der Waals surface area (Å²) in [5.74, 6) is 0. The van der Waals surface area contributed by atoms with Crippen LogP contribution in [0.2, 0.25) is 0 Å². The number of fused-ring (bicyclic) bond motifs is 28. The van der Waals surface area contributed by atoms with Crippen molar-refractivity contribution in [1.29, 1.82) is 0 Å². The van der Waals surface area contributed by atoms with Gasteiger partial charge in [0.2, 0.25) is 0 Å². The Morgan fingerprint density at radius 1 is 0.148 bits per heavy atom. The molecule has 0 aliphatic heterocycles. The average molecular weight is 1370 g/mol. The Labute approximate surface area is 625 Å². The van der Waals surface area contributed by atoms with E-state index in [2.05, 4.69) is 397 Å². The first-order chi connectivity index (χ1) is 53.5. The first-order valence-electron chi connectivity index (χ1n) is 37.8. The van der Waals surface area contributed by atoms with E-state index in [4.69, 9.17) is 0 Å². The third kappa shape index (κ3) is 8.15. The van der Waals surface area contributed by atoms with Gasteiger partial charge in [0, 0.05) is 32.9 Å². The lowest BCUT2D eigenvalue weighted by Crippen LogP contribution is -2.26. The molecule has 18 aromatic carbocycles. The molecular formula is C106H64N2. The van der Waals surface area contributed by atoms with Gasteiger partial charge in [-0.05, 0) is 251 Å². The monoisotopic (exact) mass is 1360 g/mol. The van der Waals surface area contributed by atoms with E-state index < -0.39 is 10.8 Å². The molecule has 0 N–H and O–H groups in total. The van der Waals surface area contributed by atoms with E-state index in [1.54, 1.807) is 0 Å². The van der Waals surface area contributed by atoms with E-state index in [0.29, 0.717) is 0 Å². The third-order valence-corrected chi connectivity index (χ3v) is 24.9. The van der Waals surface area contributed by atoms with Crippen molar-refractivity contribution in [2.45, 2.75) is 10.8 Å². The molecule has 4 aliphatic rings. The van der Waals surface area contributed by atoms with Crippen LogP contribution in [0.4, 0.5) is 0 Å². The van der Waals surface area contributed by atoms with E-state index >= 15 is 0 Å². The maximum atomic E-state index is 2.57. The predicted molar refractivity (Wildman–Crippen MR) is 450 cm³/mol. The van der Waals surface area contributed by atoms with Crippen molar-refractivity contribution in [1.82, 2.24) is 9.13 Å². The SMILES string of the molecule is c1ccc2c(c1)-c1ccccc1C21c2cc(-c3ccc(-c4ccc5c(c4)c4ccccc4n5-c4ccc5ccccc5c4)cc3)ccc2-c2ccc(-c3ccc4c(c3)C3(c5ccccc5-c5ccccc53)c3cc(-c5ccc(-c6ccc7c(c6)c6ccccc6n7-c6ccc7ccccc7c6)cc5)ccc3-4)cc21. The summed E-state index contributed by atoms with van der Waals surface area (Å²) in [6.07, 6.45) is 0. The summed E-state index contributed by atoms with van der Waals surface area (Å²) in [5, 5.41) is 9.96. The Hall–Kier alpha value is -13.9. The van der Waals surface area contributed by atoms with E-state index in [1.807, 2.05) is 0 Å². The van der Waals surface area contributed by atoms with Gasteiger partial charge in [0.25, 0.3) is 0 Å². The van der Waals surface area contributed by atoms with Crippen LogP contribution in [0.1, 0.15) is 44.5 Å². The van der Waals surface area contributed by atoms with Gasteiger partial charge in [-0.15, -0.1) is 0 Å². The van der Waals surface area contributed by atoms with Crippen molar-refractivity contribution in [2.75, 3.05) is 0 Å². The summed E-state index contributed by atoms with van der Waals surface area (Å²) in [6.45, 7) is 0. The topological polar surface area (TPSA) is 9.86 Å². The number of aromatic nitrogens is 2. The smallest absolute Gasteiger partial charge is 0.0725 e. The molecule has 2 aromatic heterocycles. The Morgan fingerprint density at radius 2 is 0.398 bits per heavy atom. The highest BCUT2D eigenvalue weighted by molar-refractivity contribution is 6.13. The average Bonchev–Trinajstić information content (AvgIpc) is 1.51. The number of hydrogen-bond acceptors (Lipinski definition) is 0. The molecule has 20 aromatic rings. The third-order valence-electron chi connectivity index (χ3n) is 24.9. The molecule has 2 heterocycles. The van der Waals surface area contributed by atoms with Crippen LogP contribution in [0.3, 0.4) is 0 Å². The van der Waals surface area contributed by atoms with Crippen molar-refractivity contribution in [3.63, 3.8) is 0 Å². The fraction of sp³-hybridized carbons (Fsp3) is 0.0189. The summed E-state index contributed by atoms with van der Waals surface area (Å²) in [4.78, 5) is 0. The minimum absolute atomic E-state index is 0.564. The largest absolute Gasteiger partial charge is 0.309 e. The molecule has 0 amide bonds. The second-order valence-electron chi connectivity index (χ2n) is 30.1. The van der Waals surface area contributed by atoms with Gasteiger partial charge in [-0.2, -0.15) is 0 Å². The van der Waals surface area contributed by atoms with E-state index in [-0.39, 0.29) is 0 Å². The molecule has 0 bridgehead atoms. The van der Waals surface area contributed by atoms with Crippen molar-refractivity contribution in [2.24, 2.45) is 0 Å². The number of para-hydroxylation sites is 2. The Kier molecular flexibility index (Phi) is 12.3. The molecule has 2 heteroatoms. The van der Waals surface area contributed by atoms with Crippen LogP contribution in [0.15, 0.2) is 388 Å². The van der Waals surface area contributed by atoms with Crippen LogP contribution < -0.4 is 0 Å². The van der Waals surface area contributed by atoms with E-state index in [9.17, 15) is 0 Å². The molecular weight excluding hydrogens is 1300 g/mol. The highest BCUT2D eigenvalue weighted by Gasteiger charge is 2.54. The van der Waals surface area contributed by atoms with Crippen LogP contribution in [0.25, 0.3) is 177 Å². The van der Waals surface area contributed by atoms with Gasteiger partial charge in [0.15, 0.2) is 0 Å². The van der Waals surface area contributed by atoms with Crippen molar-refractivity contribution < 1.29 is 0 Å². The number of nitrogens with zero attached hydrogens (tertiary/aromatic N) is 2. The molecule has 0 unspecified atom stereocenters. The van der Waals surface area contributed by atoms with Gasteiger partial charge < -0.3 is 9.13 Å². The number of benzene rings is 18. The van der Waals surface area contributed by atoms with E-state index in [1.165, 1.54) is 221 Å². The summed E-state index contributed by atoms with van der Waals surface area (Å²) < 4.78 is 4.84. The fourth-order valence-electron chi connectivity index (χ4n) is 20.2. The van der Waals surface area contributed by atoms with Crippen LogP contribution in [-0.2, 0) is 10.8 Å². The summed E-state index contributed by atoms with van der Waals surface area (Å²) in [6, 6.07) is 147. The van der Waals surface area contributed by atoms with Crippen LogP contribution >= 0.6 is 0 Å². The molecule has 2 spiro atoms. The lowest BCUT2D eigenvalue weighted by Gasteiger charge is -2.31. The lowest BCUT2D eigenvalue weighted by atomic mass is 9.69. The molecule has 108 heavy (non-hydrogen) atoms. The zero-order chi connectivity index (χ0) is 70.5. The van der Waals surface area contributed by atoms with Crippen molar-refractivity contribution in [3.8, 4) is 112 Å². The van der Waals surface area contributed by atoms with Crippen LogP contribution in [0, 0.1) is 0 Å². The zero-order valence-electron chi connectivity index (χ0n) is 58.8. The van der Waals surface area contributed by atoms with Gasteiger partial charge in [-0.3, -0.25) is 0 Å². The normalized spacial score (nSPS) is 13.5. The van der Waals surface area contributed by atoms with Gasteiger partial charge in [0.05, 0.1) is 32.9 Å². The Bertz CT molecular complexity index is 6770. The molecule has 0 radical (unpaired) electrons. The molecule has 0 saturated heterocycles. The quantitative estimate of drug-likeness (QED) is 0.151. The minimum Gasteiger partial charge on any atom is -0.309 e. The van der Waals surface area contributed by atoms with Crippen molar-refractivity contribution >= 4 is 65.2 Å². The first kappa shape index (κ1) is 59.5. The molecule has 24 rings (SSSR count). The summed E-state index contributed by atoms with van der Waals surface area (Å²) >= 11 is 0. The molecule has 4 aliphatic carbocycles. The summed E-state index contributed by atoms with van der Waals surface area (Å²) in [7, 11) is 0. The Balaban J connectivity index is 0.601. The van der Waals surface area contributed by atoms with E-state index in [0.717, 1.165) is 0 Å². The maximum Gasteiger partial charge on any atom is 0.0725 e. The van der Waals surface area contributed by atoms with Crippen LogP contribution in [0.5, 0.6) is 0 Å². The molecule has 0 atom stereocenters.